The zero-order chi connectivity index (χ0) is 35.8. The Bertz CT molecular complexity index is 1820. The van der Waals surface area contributed by atoms with Crippen molar-refractivity contribution in [2.24, 2.45) is 0 Å². The third-order valence-corrected chi connectivity index (χ3v) is 11.4. The summed E-state index contributed by atoms with van der Waals surface area (Å²) in [5, 5.41) is 0. The number of ether oxygens (including phenoxy) is 1. The molecule has 0 N–H and O–H groups in total. The molecule has 3 heteroatoms. The summed E-state index contributed by atoms with van der Waals surface area (Å²) in [5.41, 5.74) is 10.8. The lowest BCUT2D eigenvalue weighted by Crippen LogP contribution is -2.28. The number of allylic oxidation sites excluding steroid dienone is 7. The average Bonchev–Trinajstić information content (AvgIpc) is 3.49. The number of unbranched alkanes of at least 4 members (excludes halogenated alkanes) is 6. The molecular formula is C48H61N2O+. The summed E-state index contributed by atoms with van der Waals surface area (Å²) in [6.07, 6.45) is 22.8. The normalized spacial score (nSPS) is 19.5. The molecule has 0 saturated heterocycles. The molecule has 0 spiro atoms. The quantitative estimate of drug-likeness (QED) is 0.117. The molecule has 0 radical (unpaired) electrons. The lowest BCUT2D eigenvalue weighted by atomic mass is 9.81. The Morgan fingerprint density at radius 1 is 0.686 bits per heavy atom. The van der Waals surface area contributed by atoms with Gasteiger partial charge in [0.05, 0.1) is 5.41 Å². The average molecular weight is 682 g/mol. The zero-order valence-electron chi connectivity index (χ0n) is 32.3. The number of para-hydroxylation sites is 3. The Morgan fingerprint density at radius 2 is 1.37 bits per heavy atom. The number of hydrogen-bond donors (Lipinski definition) is 0. The maximum atomic E-state index is 6.87. The number of anilines is 1. The van der Waals surface area contributed by atoms with Gasteiger partial charge in [-0.15, -0.1) is 0 Å². The minimum absolute atomic E-state index is 0.0692. The summed E-state index contributed by atoms with van der Waals surface area (Å²) >= 11 is 0. The van der Waals surface area contributed by atoms with Gasteiger partial charge in [0.2, 0.25) is 5.69 Å². The van der Waals surface area contributed by atoms with Crippen molar-refractivity contribution >= 4 is 17.1 Å². The second-order valence-corrected chi connectivity index (χ2v) is 15.8. The molecule has 1 aliphatic carbocycles. The fraction of sp³-hybridized carbons (Fsp3) is 0.438. The first-order chi connectivity index (χ1) is 24.8. The van der Waals surface area contributed by atoms with E-state index in [2.05, 4.69) is 154 Å². The van der Waals surface area contributed by atoms with Crippen LogP contribution in [0.15, 0.2) is 126 Å². The van der Waals surface area contributed by atoms with Crippen LogP contribution in [-0.4, -0.2) is 23.4 Å². The van der Waals surface area contributed by atoms with E-state index in [4.69, 9.17) is 4.74 Å². The highest BCUT2D eigenvalue weighted by Gasteiger charge is 2.44. The summed E-state index contributed by atoms with van der Waals surface area (Å²) in [6.45, 7) is 16.2. The van der Waals surface area contributed by atoms with Crippen molar-refractivity contribution in [3.8, 4) is 5.75 Å². The summed E-state index contributed by atoms with van der Waals surface area (Å²) in [4.78, 5) is 2.60. The van der Waals surface area contributed by atoms with Crippen LogP contribution in [0.1, 0.15) is 123 Å². The first-order valence-electron chi connectivity index (χ1n) is 19.9. The SMILES string of the molecule is CCCCCCN1/C(=C/C=C2\CCCC(/C=C/C3=[N+](CCCCCC)c4ccccc4C3(C)C)=C2Oc2ccccc2)C(C)(C)c2ccccc21. The topological polar surface area (TPSA) is 15.5 Å². The van der Waals surface area contributed by atoms with Crippen LogP contribution in [0.2, 0.25) is 0 Å². The highest BCUT2D eigenvalue weighted by molar-refractivity contribution is 6.03. The van der Waals surface area contributed by atoms with Crippen LogP contribution in [-0.2, 0) is 10.8 Å². The molecule has 0 amide bonds. The van der Waals surface area contributed by atoms with Gasteiger partial charge in [0.1, 0.15) is 18.1 Å². The number of fused-ring (bicyclic) bond motifs is 2. The van der Waals surface area contributed by atoms with Gasteiger partial charge < -0.3 is 9.64 Å². The van der Waals surface area contributed by atoms with Crippen LogP contribution in [0, 0.1) is 0 Å². The molecule has 0 atom stereocenters. The Hall–Kier alpha value is -4.11. The van der Waals surface area contributed by atoms with E-state index in [0.717, 1.165) is 43.9 Å². The Kier molecular flexibility index (Phi) is 11.9. The van der Waals surface area contributed by atoms with Gasteiger partial charge in [-0.05, 0) is 93.0 Å². The molecule has 0 unspecified atom stereocenters. The Morgan fingerprint density at radius 3 is 2.14 bits per heavy atom. The first-order valence-corrected chi connectivity index (χ1v) is 19.9. The number of rotatable bonds is 15. The van der Waals surface area contributed by atoms with Gasteiger partial charge in [-0.2, -0.15) is 4.58 Å². The first kappa shape index (κ1) is 36.7. The van der Waals surface area contributed by atoms with Crippen molar-refractivity contribution in [3.63, 3.8) is 0 Å². The molecule has 0 fully saturated rings. The summed E-state index contributed by atoms with van der Waals surface area (Å²) < 4.78 is 9.47. The van der Waals surface area contributed by atoms with Gasteiger partial charge >= 0.3 is 0 Å². The van der Waals surface area contributed by atoms with E-state index in [9.17, 15) is 0 Å². The van der Waals surface area contributed by atoms with Gasteiger partial charge in [0.25, 0.3) is 0 Å². The van der Waals surface area contributed by atoms with E-state index in [1.54, 1.807) is 0 Å². The molecule has 0 saturated carbocycles. The van der Waals surface area contributed by atoms with Gasteiger partial charge in [0.15, 0.2) is 5.71 Å². The highest BCUT2D eigenvalue weighted by atomic mass is 16.5. The van der Waals surface area contributed by atoms with Crippen LogP contribution in [0.4, 0.5) is 11.4 Å². The molecule has 51 heavy (non-hydrogen) atoms. The van der Waals surface area contributed by atoms with Crippen LogP contribution < -0.4 is 9.64 Å². The van der Waals surface area contributed by atoms with E-state index in [1.807, 2.05) is 0 Å². The minimum atomic E-state index is -0.0692. The van der Waals surface area contributed by atoms with Crippen molar-refractivity contribution in [2.45, 2.75) is 123 Å². The standard InChI is InChI=1S/C48H61N2O/c1-7-9-11-20-35-49-42-29-18-16-27-40(42)47(3,4)44(49)33-31-37-23-22-24-38(46(37)51-39-25-14-13-15-26-39)32-34-45-48(5,6)41-28-17-19-30-43(41)50(45)36-21-12-10-8-2/h13-19,25-34H,7-12,20-24,35-36H2,1-6H3/q+1. The van der Waals surface area contributed by atoms with E-state index in [0.29, 0.717) is 0 Å². The van der Waals surface area contributed by atoms with Crippen molar-refractivity contribution in [1.82, 2.24) is 0 Å². The lowest BCUT2D eigenvalue weighted by Gasteiger charge is -2.27. The largest absolute Gasteiger partial charge is 0.457 e. The summed E-state index contributed by atoms with van der Waals surface area (Å²) in [5.74, 6) is 1.91. The predicted octanol–water partition coefficient (Wildman–Crippen LogP) is 12.9. The lowest BCUT2D eigenvalue weighted by molar-refractivity contribution is -0.438. The Balaban J connectivity index is 1.40. The van der Waals surface area contributed by atoms with Crippen LogP contribution in [0.25, 0.3) is 0 Å². The van der Waals surface area contributed by atoms with Gasteiger partial charge in [-0.1, -0.05) is 120 Å². The van der Waals surface area contributed by atoms with Crippen LogP contribution in [0.5, 0.6) is 5.75 Å². The summed E-state index contributed by atoms with van der Waals surface area (Å²) in [6, 6.07) is 28.4. The van der Waals surface area contributed by atoms with Gasteiger partial charge in [-0.25, -0.2) is 0 Å². The second-order valence-electron chi connectivity index (χ2n) is 15.8. The number of hydrogen-bond acceptors (Lipinski definition) is 2. The molecule has 6 rings (SSSR count). The van der Waals surface area contributed by atoms with Crippen LogP contribution >= 0.6 is 0 Å². The van der Waals surface area contributed by atoms with Crippen LogP contribution in [0.3, 0.4) is 0 Å². The second kappa shape index (κ2) is 16.5. The molecule has 3 nitrogen and oxygen atoms in total. The van der Waals surface area contributed by atoms with E-state index in [-0.39, 0.29) is 10.8 Å². The molecule has 3 aromatic rings. The highest BCUT2D eigenvalue weighted by Crippen LogP contribution is 2.48. The monoisotopic (exact) mass is 681 g/mol. The molecule has 0 bridgehead atoms. The third-order valence-electron chi connectivity index (χ3n) is 11.4. The molecule has 3 aliphatic rings. The van der Waals surface area contributed by atoms with Crippen molar-refractivity contribution in [1.29, 1.82) is 0 Å². The van der Waals surface area contributed by atoms with Gasteiger partial charge in [-0.3, -0.25) is 0 Å². The molecule has 0 aromatic heterocycles. The van der Waals surface area contributed by atoms with Crippen molar-refractivity contribution in [3.05, 3.63) is 137 Å². The molecule has 3 aromatic carbocycles. The molecule has 2 aliphatic heterocycles. The van der Waals surface area contributed by atoms with E-state index >= 15 is 0 Å². The van der Waals surface area contributed by atoms with Gasteiger partial charge in [0, 0.05) is 47.5 Å². The molecule has 268 valence electrons. The van der Waals surface area contributed by atoms with Crippen molar-refractivity contribution < 1.29 is 9.31 Å². The fourth-order valence-electron chi connectivity index (χ4n) is 8.47. The van der Waals surface area contributed by atoms with Crippen molar-refractivity contribution in [2.75, 3.05) is 18.0 Å². The van der Waals surface area contributed by atoms with E-state index < -0.39 is 0 Å². The Labute approximate surface area is 309 Å². The number of benzene rings is 3. The summed E-state index contributed by atoms with van der Waals surface area (Å²) in [7, 11) is 0. The van der Waals surface area contributed by atoms with E-state index in [1.165, 1.54) is 96.4 Å². The minimum Gasteiger partial charge on any atom is -0.457 e. The fourth-order valence-corrected chi connectivity index (χ4v) is 8.47. The molecule has 2 heterocycles. The number of nitrogens with zero attached hydrogens (tertiary/aromatic N) is 2. The maximum Gasteiger partial charge on any atom is 0.209 e. The predicted molar refractivity (Wildman–Crippen MR) is 218 cm³/mol. The zero-order valence-corrected chi connectivity index (χ0v) is 32.3. The third kappa shape index (κ3) is 7.88. The maximum absolute atomic E-state index is 6.87. The smallest absolute Gasteiger partial charge is 0.209 e. The molecular weight excluding hydrogens is 621 g/mol.